The molecule has 110 valence electrons. The maximum Gasteiger partial charge on any atom is 0.255 e. The summed E-state index contributed by atoms with van der Waals surface area (Å²) < 4.78 is 18.5. The smallest absolute Gasteiger partial charge is 0.255 e. The van der Waals surface area contributed by atoms with E-state index in [4.69, 9.17) is 4.42 Å². The molecular weight excluding hydrogens is 285 g/mol. The monoisotopic (exact) mass is 297 g/mol. The van der Waals surface area contributed by atoms with E-state index < -0.39 is 11.9 Å². The highest BCUT2D eigenvalue weighted by Gasteiger charge is 2.09. The van der Waals surface area contributed by atoms with Gasteiger partial charge in [0.1, 0.15) is 5.76 Å². The van der Waals surface area contributed by atoms with Gasteiger partial charge in [-0.15, -0.1) is 0 Å². The topological polar surface area (TPSA) is 68.0 Å². The number of pyridine rings is 1. The lowest BCUT2D eigenvalue weighted by Crippen LogP contribution is -2.12. The number of nitrogens with zero attached hydrogens (tertiary/aromatic N) is 2. The van der Waals surface area contributed by atoms with E-state index in [0.29, 0.717) is 17.3 Å². The normalized spacial score (nSPS) is 10.5. The van der Waals surface area contributed by atoms with Crippen LogP contribution in [0.5, 0.6) is 0 Å². The number of oxazole rings is 1. The lowest BCUT2D eigenvalue weighted by atomic mass is 10.2. The predicted molar refractivity (Wildman–Crippen MR) is 78.8 cm³/mol. The molecule has 0 saturated heterocycles. The molecule has 0 saturated carbocycles. The molecule has 0 aliphatic heterocycles. The van der Waals surface area contributed by atoms with Gasteiger partial charge < -0.3 is 9.73 Å². The van der Waals surface area contributed by atoms with Crippen LogP contribution in [0, 0.1) is 12.9 Å². The highest BCUT2D eigenvalue weighted by Crippen LogP contribution is 2.22. The average molecular weight is 297 g/mol. The molecule has 1 amide bonds. The van der Waals surface area contributed by atoms with Gasteiger partial charge in [-0.3, -0.25) is 4.79 Å². The average Bonchev–Trinajstić information content (AvgIpc) is 2.94. The Kier molecular flexibility index (Phi) is 3.65. The molecule has 2 aromatic heterocycles. The highest BCUT2D eigenvalue weighted by atomic mass is 19.1. The first-order valence-electron chi connectivity index (χ1n) is 6.57. The number of rotatable bonds is 3. The second-order valence-corrected chi connectivity index (χ2v) is 4.68. The quantitative estimate of drug-likeness (QED) is 0.752. The van der Waals surface area contributed by atoms with Crippen LogP contribution < -0.4 is 5.32 Å². The summed E-state index contributed by atoms with van der Waals surface area (Å²) in [7, 11) is 0. The van der Waals surface area contributed by atoms with Crippen molar-refractivity contribution in [1.82, 2.24) is 9.97 Å². The number of halogens is 1. The molecular formula is C16H12FN3O2. The van der Waals surface area contributed by atoms with Crippen LogP contribution in [-0.2, 0) is 0 Å². The van der Waals surface area contributed by atoms with Crippen molar-refractivity contribution < 1.29 is 13.6 Å². The standard InChI is InChI=1S/C16H12FN3O2/c1-10-9-19-16(22-10)12-3-2-4-13(7-12)20-15(21)11-5-6-18-14(17)8-11/h2-9H,1H3,(H,20,21). The van der Waals surface area contributed by atoms with E-state index in [1.54, 1.807) is 31.3 Å². The molecule has 0 bridgehead atoms. The minimum absolute atomic E-state index is 0.199. The third-order valence-electron chi connectivity index (χ3n) is 2.98. The fraction of sp³-hybridized carbons (Fsp3) is 0.0625. The molecule has 3 rings (SSSR count). The van der Waals surface area contributed by atoms with E-state index in [2.05, 4.69) is 15.3 Å². The lowest BCUT2D eigenvalue weighted by Gasteiger charge is -2.06. The fourth-order valence-electron chi connectivity index (χ4n) is 1.97. The Morgan fingerprint density at radius 3 is 2.82 bits per heavy atom. The van der Waals surface area contributed by atoms with Crippen LogP contribution in [0.3, 0.4) is 0 Å². The molecule has 0 aliphatic carbocycles. The first-order chi connectivity index (χ1) is 10.6. The number of aromatic nitrogens is 2. The zero-order chi connectivity index (χ0) is 15.5. The molecule has 0 unspecified atom stereocenters. The lowest BCUT2D eigenvalue weighted by molar-refractivity contribution is 0.102. The maximum absolute atomic E-state index is 13.0. The summed E-state index contributed by atoms with van der Waals surface area (Å²) in [5, 5.41) is 2.70. The first kappa shape index (κ1) is 13.9. The molecule has 0 aliphatic rings. The Morgan fingerprint density at radius 2 is 2.09 bits per heavy atom. The van der Waals surface area contributed by atoms with Crippen molar-refractivity contribution >= 4 is 11.6 Å². The van der Waals surface area contributed by atoms with E-state index >= 15 is 0 Å². The van der Waals surface area contributed by atoms with E-state index in [-0.39, 0.29) is 5.56 Å². The third kappa shape index (κ3) is 3.01. The maximum atomic E-state index is 13.0. The van der Waals surface area contributed by atoms with Crippen molar-refractivity contribution in [3.63, 3.8) is 0 Å². The molecule has 22 heavy (non-hydrogen) atoms. The third-order valence-corrected chi connectivity index (χ3v) is 2.98. The molecule has 0 radical (unpaired) electrons. The Hall–Kier alpha value is -3.02. The second-order valence-electron chi connectivity index (χ2n) is 4.68. The van der Waals surface area contributed by atoms with Gasteiger partial charge in [-0.25, -0.2) is 9.97 Å². The van der Waals surface area contributed by atoms with Crippen molar-refractivity contribution in [2.75, 3.05) is 5.32 Å². The Bertz CT molecular complexity index is 830. The Morgan fingerprint density at radius 1 is 1.23 bits per heavy atom. The van der Waals surface area contributed by atoms with Gasteiger partial charge in [0, 0.05) is 29.1 Å². The first-order valence-corrected chi connectivity index (χ1v) is 6.57. The van der Waals surface area contributed by atoms with Gasteiger partial charge in [-0.1, -0.05) is 6.07 Å². The SMILES string of the molecule is Cc1cnc(-c2cccc(NC(=O)c3ccnc(F)c3)c2)o1. The molecule has 2 heterocycles. The van der Waals surface area contributed by atoms with E-state index in [1.807, 2.05) is 6.07 Å². The number of hydrogen-bond acceptors (Lipinski definition) is 4. The van der Waals surface area contributed by atoms with Gasteiger partial charge in [0.05, 0.1) is 6.20 Å². The van der Waals surface area contributed by atoms with Gasteiger partial charge in [0.25, 0.3) is 5.91 Å². The molecule has 6 heteroatoms. The van der Waals surface area contributed by atoms with Crippen molar-refractivity contribution in [3.05, 3.63) is 66.1 Å². The summed E-state index contributed by atoms with van der Waals surface area (Å²) in [6.45, 7) is 1.81. The minimum atomic E-state index is -0.698. The summed E-state index contributed by atoms with van der Waals surface area (Å²) in [6.07, 6.45) is 2.87. The van der Waals surface area contributed by atoms with Crippen molar-refractivity contribution in [1.29, 1.82) is 0 Å². The summed E-state index contributed by atoms with van der Waals surface area (Å²) in [5.74, 6) is 0.0685. The van der Waals surface area contributed by atoms with Crippen molar-refractivity contribution in [2.24, 2.45) is 0 Å². The van der Waals surface area contributed by atoms with Crippen LogP contribution in [0.2, 0.25) is 0 Å². The van der Waals surface area contributed by atoms with E-state index in [0.717, 1.165) is 11.6 Å². The van der Waals surface area contributed by atoms with Crippen LogP contribution >= 0.6 is 0 Å². The van der Waals surface area contributed by atoms with Gasteiger partial charge in [-0.05, 0) is 31.2 Å². The summed E-state index contributed by atoms with van der Waals surface area (Å²) in [5.41, 5.74) is 1.51. The van der Waals surface area contributed by atoms with Crippen LogP contribution in [0.25, 0.3) is 11.5 Å². The molecule has 1 N–H and O–H groups in total. The molecule has 5 nitrogen and oxygen atoms in total. The van der Waals surface area contributed by atoms with Gasteiger partial charge in [0.15, 0.2) is 0 Å². The zero-order valence-electron chi connectivity index (χ0n) is 11.7. The second kappa shape index (κ2) is 5.77. The highest BCUT2D eigenvalue weighted by molar-refractivity contribution is 6.04. The Labute approximate surface area is 125 Å². The number of nitrogens with one attached hydrogen (secondary N) is 1. The zero-order valence-corrected chi connectivity index (χ0v) is 11.7. The summed E-state index contributed by atoms with van der Waals surface area (Å²) >= 11 is 0. The van der Waals surface area contributed by atoms with E-state index in [9.17, 15) is 9.18 Å². The minimum Gasteiger partial charge on any atom is -0.441 e. The number of carbonyl (C=O) groups excluding carboxylic acids is 1. The van der Waals surface area contributed by atoms with Crippen LogP contribution in [0.15, 0.2) is 53.2 Å². The molecule has 0 spiro atoms. The number of amides is 1. The number of anilines is 1. The van der Waals surface area contributed by atoms with Crippen molar-refractivity contribution in [3.8, 4) is 11.5 Å². The number of aryl methyl sites for hydroxylation is 1. The molecule has 1 aromatic carbocycles. The molecule has 0 atom stereocenters. The van der Waals surface area contributed by atoms with Gasteiger partial charge in [-0.2, -0.15) is 4.39 Å². The van der Waals surface area contributed by atoms with Crippen LogP contribution in [0.4, 0.5) is 10.1 Å². The van der Waals surface area contributed by atoms with E-state index in [1.165, 1.54) is 12.3 Å². The molecule has 0 fully saturated rings. The largest absolute Gasteiger partial charge is 0.441 e. The van der Waals surface area contributed by atoms with Crippen molar-refractivity contribution in [2.45, 2.75) is 6.92 Å². The number of carbonyl (C=O) groups is 1. The number of hydrogen-bond donors (Lipinski definition) is 1. The Balaban J connectivity index is 1.82. The summed E-state index contributed by atoms with van der Waals surface area (Å²) in [4.78, 5) is 19.6. The van der Waals surface area contributed by atoms with Gasteiger partial charge >= 0.3 is 0 Å². The van der Waals surface area contributed by atoms with Crippen LogP contribution in [0.1, 0.15) is 16.1 Å². The predicted octanol–water partition coefficient (Wildman–Crippen LogP) is 3.44. The van der Waals surface area contributed by atoms with Gasteiger partial charge in [0.2, 0.25) is 11.8 Å². The van der Waals surface area contributed by atoms with Crippen LogP contribution in [-0.4, -0.2) is 15.9 Å². The molecule has 3 aromatic rings. The number of benzene rings is 1. The fourth-order valence-corrected chi connectivity index (χ4v) is 1.97. The summed E-state index contributed by atoms with van der Waals surface area (Å²) in [6, 6.07) is 9.59.